The molecule has 118 valence electrons. The Hall–Kier alpha value is -1.47. The van der Waals surface area contributed by atoms with Gasteiger partial charge >= 0.3 is 0 Å². The Balaban J connectivity index is 2.59. The van der Waals surface area contributed by atoms with Gasteiger partial charge in [0.15, 0.2) is 0 Å². The highest BCUT2D eigenvalue weighted by atomic mass is 32.2. The maximum Gasteiger partial charge on any atom is 0.225 e. The zero-order valence-electron chi connectivity index (χ0n) is 12.5. The molecule has 1 rings (SSSR count). The minimum absolute atomic E-state index is 0.0504. The van der Waals surface area contributed by atoms with E-state index in [1.807, 2.05) is 6.92 Å². The standard InChI is InChI=1S/C14H21FN2O3S/c1-4-11(2)17(21(3,19)20)10-9-14(18)16-13-7-5-12(15)6-8-13/h5-8,11H,4,9-10H2,1-3H3,(H,16,18). The van der Waals surface area contributed by atoms with Crippen LogP contribution in [0.15, 0.2) is 24.3 Å². The Morgan fingerprint density at radius 1 is 1.33 bits per heavy atom. The molecule has 1 N–H and O–H groups in total. The third-order valence-electron chi connectivity index (χ3n) is 3.20. The molecule has 1 atom stereocenters. The highest BCUT2D eigenvalue weighted by Crippen LogP contribution is 2.11. The summed E-state index contributed by atoms with van der Waals surface area (Å²) in [5.74, 6) is -0.688. The summed E-state index contributed by atoms with van der Waals surface area (Å²) in [4.78, 5) is 11.8. The molecule has 0 aliphatic rings. The predicted molar refractivity (Wildman–Crippen MR) is 80.9 cm³/mol. The van der Waals surface area contributed by atoms with Gasteiger partial charge in [-0.05, 0) is 37.6 Å². The Labute approximate surface area is 125 Å². The van der Waals surface area contributed by atoms with Crippen molar-refractivity contribution >= 4 is 21.6 Å². The molecule has 21 heavy (non-hydrogen) atoms. The number of nitrogens with zero attached hydrogens (tertiary/aromatic N) is 1. The van der Waals surface area contributed by atoms with E-state index in [4.69, 9.17) is 0 Å². The van der Waals surface area contributed by atoms with Crippen LogP contribution < -0.4 is 5.32 Å². The molecule has 0 aliphatic carbocycles. The molecule has 0 bridgehead atoms. The van der Waals surface area contributed by atoms with Gasteiger partial charge in [0.2, 0.25) is 15.9 Å². The van der Waals surface area contributed by atoms with E-state index in [9.17, 15) is 17.6 Å². The lowest BCUT2D eigenvalue weighted by molar-refractivity contribution is -0.116. The van der Waals surface area contributed by atoms with E-state index in [-0.39, 0.29) is 30.7 Å². The first-order chi connectivity index (χ1) is 9.74. The van der Waals surface area contributed by atoms with Gasteiger partial charge in [-0.25, -0.2) is 12.8 Å². The topological polar surface area (TPSA) is 66.5 Å². The van der Waals surface area contributed by atoms with E-state index in [1.54, 1.807) is 6.92 Å². The number of halogens is 1. The number of carbonyl (C=O) groups is 1. The van der Waals surface area contributed by atoms with E-state index in [2.05, 4.69) is 5.32 Å². The van der Waals surface area contributed by atoms with Gasteiger partial charge < -0.3 is 5.32 Å². The number of amides is 1. The lowest BCUT2D eigenvalue weighted by Crippen LogP contribution is -2.39. The highest BCUT2D eigenvalue weighted by Gasteiger charge is 2.22. The van der Waals surface area contributed by atoms with Gasteiger partial charge in [-0.1, -0.05) is 6.92 Å². The van der Waals surface area contributed by atoms with Crippen molar-refractivity contribution in [3.05, 3.63) is 30.1 Å². The Morgan fingerprint density at radius 2 is 1.90 bits per heavy atom. The molecular formula is C14H21FN2O3S. The fourth-order valence-corrected chi connectivity index (χ4v) is 3.11. The normalized spacial score (nSPS) is 13.2. The summed E-state index contributed by atoms with van der Waals surface area (Å²) in [5, 5.41) is 2.61. The lowest BCUT2D eigenvalue weighted by atomic mass is 10.2. The number of benzene rings is 1. The molecule has 0 saturated heterocycles. The Kier molecular flexibility index (Phi) is 6.29. The quantitative estimate of drug-likeness (QED) is 0.839. The number of rotatable bonds is 7. The van der Waals surface area contributed by atoms with Crippen molar-refractivity contribution in [2.45, 2.75) is 32.7 Å². The number of carbonyl (C=O) groups excluding carboxylic acids is 1. The van der Waals surface area contributed by atoms with Crippen LogP contribution in [0.2, 0.25) is 0 Å². The smallest absolute Gasteiger partial charge is 0.225 e. The van der Waals surface area contributed by atoms with E-state index < -0.39 is 10.0 Å². The van der Waals surface area contributed by atoms with Crippen LogP contribution in [0.1, 0.15) is 26.7 Å². The molecule has 0 aromatic heterocycles. The van der Waals surface area contributed by atoms with Crippen molar-refractivity contribution < 1.29 is 17.6 Å². The molecule has 1 amide bonds. The minimum Gasteiger partial charge on any atom is -0.326 e. The molecule has 7 heteroatoms. The molecule has 5 nitrogen and oxygen atoms in total. The number of hydrogen-bond donors (Lipinski definition) is 1. The van der Waals surface area contributed by atoms with Gasteiger partial charge in [0, 0.05) is 24.7 Å². The number of sulfonamides is 1. The van der Waals surface area contributed by atoms with E-state index in [1.165, 1.54) is 28.6 Å². The van der Waals surface area contributed by atoms with Gasteiger partial charge in [-0.15, -0.1) is 0 Å². The number of anilines is 1. The third kappa shape index (κ3) is 5.81. The van der Waals surface area contributed by atoms with Crippen LogP contribution >= 0.6 is 0 Å². The second kappa shape index (κ2) is 7.51. The van der Waals surface area contributed by atoms with Gasteiger partial charge in [0.1, 0.15) is 5.82 Å². The third-order valence-corrected chi connectivity index (χ3v) is 4.59. The molecule has 0 spiro atoms. The van der Waals surface area contributed by atoms with Crippen molar-refractivity contribution in [3.63, 3.8) is 0 Å². The SMILES string of the molecule is CCC(C)N(CCC(=O)Nc1ccc(F)cc1)S(C)(=O)=O. The van der Waals surface area contributed by atoms with Crippen molar-refractivity contribution in [3.8, 4) is 0 Å². The fourth-order valence-electron chi connectivity index (χ4n) is 1.89. The highest BCUT2D eigenvalue weighted by molar-refractivity contribution is 7.88. The van der Waals surface area contributed by atoms with Crippen LogP contribution in [0.5, 0.6) is 0 Å². The van der Waals surface area contributed by atoms with Crippen molar-refractivity contribution in [2.75, 3.05) is 18.1 Å². The number of hydrogen-bond acceptors (Lipinski definition) is 3. The van der Waals surface area contributed by atoms with Crippen LogP contribution in [-0.2, 0) is 14.8 Å². The molecule has 0 radical (unpaired) electrons. The van der Waals surface area contributed by atoms with Crippen LogP contribution in [0.3, 0.4) is 0 Å². The van der Waals surface area contributed by atoms with E-state index >= 15 is 0 Å². The van der Waals surface area contributed by atoms with Gasteiger partial charge in [0.25, 0.3) is 0 Å². The van der Waals surface area contributed by atoms with E-state index in [0.29, 0.717) is 12.1 Å². The first-order valence-corrected chi connectivity index (χ1v) is 8.61. The lowest BCUT2D eigenvalue weighted by Gasteiger charge is -2.25. The summed E-state index contributed by atoms with van der Waals surface area (Å²) in [6.45, 7) is 3.82. The molecule has 1 unspecified atom stereocenters. The van der Waals surface area contributed by atoms with Crippen LogP contribution in [0, 0.1) is 5.82 Å². The summed E-state index contributed by atoms with van der Waals surface area (Å²) in [6.07, 6.45) is 1.86. The molecule has 1 aromatic carbocycles. The van der Waals surface area contributed by atoms with Gasteiger partial charge in [-0.3, -0.25) is 4.79 Å². The predicted octanol–water partition coefficient (Wildman–Crippen LogP) is 2.21. The summed E-state index contributed by atoms with van der Waals surface area (Å²) in [6, 6.07) is 5.25. The second-order valence-electron chi connectivity index (χ2n) is 4.94. The average molecular weight is 316 g/mol. The summed E-state index contributed by atoms with van der Waals surface area (Å²) in [5.41, 5.74) is 0.482. The van der Waals surface area contributed by atoms with E-state index in [0.717, 1.165) is 6.26 Å². The fraction of sp³-hybridized carbons (Fsp3) is 0.500. The Bertz CT molecular complexity index is 572. The molecule has 0 saturated carbocycles. The van der Waals surface area contributed by atoms with Crippen molar-refractivity contribution in [1.29, 1.82) is 0 Å². The summed E-state index contributed by atoms with van der Waals surface area (Å²) >= 11 is 0. The van der Waals surface area contributed by atoms with Crippen molar-refractivity contribution in [2.24, 2.45) is 0 Å². The summed E-state index contributed by atoms with van der Waals surface area (Å²) in [7, 11) is -3.35. The monoisotopic (exact) mass is 316 g/mol. The largest absolute Gasteiger partial charge is 0.326 e. The van der Waals surface area contributed by atoms with Crippen molar-refractivity contribution in [1.82, 2.24) is 4.31 Å². The molecular weight excluding hydrogens is 295 g/mol. The first-order valence-electron chi connectivity index (χ1n) is 6.76. The molecule has 1 aromatic rings. The Morgan fingerprint density at radius 3 is 2.38 bits per heavy atom. The van der Waals surface area contributed by atoms with Gasteiger partial charge in [-0.2, -0.15) is 4.31 Å². The molecule has 0 fully saturated rings. The first kappa shape index (κ1) is 17.6. The summed E-state index contributed by atoms with van der Waals surface area (Å²) < 4.78 is 37.5. The van der Waals surface area contributed by atoms with Crippen LogP contribution in [0.25, 0.3) is 0 Å². The van der Waals surface area contributed by atoms with Crippen LogP contribution in [-0.4, -0.2) is 37.5 Å². The molecule has 0 heterocycles. The van der Waals surface area contributed by atoms with Crippen LogP contribution in [0.4, 0.5) is 10.1 Å². The van der Waals surface area contributed by atoms with Gasteiger partial charge in [0.05, 0.1) is 6.26 Å². The second-order valence-corrected chi connectivity index (χ2v) is 6.87. The maximum atomic E-state index is 12.8. The average Bonchev–Trinajstić information content (AvgIpc) is 2.39. The molecule has 0 aliphatic heterocycles. The maximum absolute atomic E-state index is 12.8. The zero-order valence-corrected chi connectivity index (χ0v) is 13.3. The zero-order chi connectivity index (χ0) is 16.0. The number of nitrogens with one attached hydrogen (secondary N) is 1. The minimum atomic E-state index is -3.35.